The predicted octanol–water partition coefficient (Wildman–Crippen LogP) is 3.38. The number of carbonyl (C=O) groups excluding carboxylic acids is 3. The van der Waals surface area contributed by atoms with Crippen LogP contribution in [0.25, 0.3) is 11.1 Å². The SMILES string of the molecule is CCOC(=O)CNC(=O)c1cc(-c2cccc(CN3O[C@@H](CO)[C@@H]([C@H](C)O)[C@H]3C(=O)N[C@H]3C[C@H]4C[C@H]([C@@H]3C)C4(C)C)c2OC)cc(N(C)C)c1. The van der Waals surface area contributed by atoms with Gasteiger partial charge in [0.2, 0.25) is 5.91 Å². The number of aliphatic hydroxyl groups is 2. The number of ether oxygens (including phenoxy) is 2. The highest BCUT2D eigenvalue weighted by molar-refractivity contribution is 5.98. The maximum atomic E-state index is 14.2. The Balaban J connectivity index is 1.44. The zero-order valence-corrected chi connectivity index (χ0v) is 30.6. The van der Waals surface area contributed by atoms with Crippen LogP contribution in [0.5, 0.6) is 5.75 Å². The molecular formula is C38H54N4O8. The summed E-state index contributed by atoms with van der Waals surface area (Å²) >= 11 is 0. The molecule has 2 aromatic carbocycles. The molecule has 0 spiro atoms. The smallest absolute Gasteiger partial charge is 0.325 e. The number of rotatable bonds is 13. The van der Waals surface area contributed by atoms with E-state index in [1.165, 1.54) is 6.42 Å². The number of aliphatic hydroxyl groups excluding tert-OH is 2. The minimum absolute atomic E-state index is 0.0227. The Hall–Kier alpha value is -3.71. The largest absolute Gasteiger partial charge is 0.496 e. The first-order chi connectivity index (χ1) is 23.7. The van der Waals surface area contributed by atoms with Gasteiger partial charge in [0.25, 0.3) is 5.91 Å². The van der Waals surface area contributed by atoms with Crippen LogP contribution < -0.4 is 20.3 Å². The summed E-state index contributed by atoms with van der Waals surface area (Å²) in [6, 6.07) is 10.2. The number of hydrogen-bond donors (Lipinski definition) is 4. The second-order valence-corrected chi connectivity index (χ2v) is 14.9. The van der Waals surface area contributed by atoms with E-state index in [0.29, 0.717) is 45.8 Å². The number of para-hydroxylation sites is 1. The van der Waals surface area contributed by atoms with Crippen LogP contribution in [-0.2, 0) is 25.7 Å². The molecule has 12 heteroatoms. The summed E-state index contributed by atoms with van der Waals surface area (Å²) in [6.07, 6.45) is 0.412. The normalized spacial score (nSPS) is 27.5. The molecule has 3 saturated carbocycles. The third-order valence-electron chi connectivity index (χ3n) is 11.4. The van der Waals surface area contributed by atoms with Gasteiger partial charge in [-0.05, 0) is 73.6 Å². The highest BCUT2D eigenvalue weighted by atomic mass is 16.7. The number of nitrogens with one attached hydrogen (secondary N) is 2. The average molecular weight is 695 g/mol. The number of hydrogen-bond acceptors (Lipinski definition) is 10. The number of anilines is 1. The van der Waals surface area contributed by atoms with E-state index >= 15 is 0 Å². The van der Waals surface area contributed by atoms with Crippen molar-refractivity contribution in [2.75, 3.05) is 45.9 Å². The summed E-state index contributed by atoms with van der Waals surface area (Å²) in [5, 5.41) is 28.7. The topological polar surface area (TPSA) is 150 Å². The van der Waals surface area contributed by atoms with E-state index in [-0.39, 0.29) is 43.7 Å². The summed E-state index contributed by atoms with van der Waals surface area (Å²) < 4.78 is 10.9. The third-order valence-corrected chi connectivity index (χ3v) is 11.4. The number of benzene rings is 2. The first-order valence-corrected chi connectivity index (χ1v) is 17.7. The molecule has 12 nitrogen and oxygen atoms in total. The van der Waals surface area contributed by atoms with Gasteiger partial charge >= 0.3 is 5.97 Å². The number of methoxy groups -OCH3 is 1. The number of esters is 1. The molecule has 50 heavy (non-hydrogen) atoms. The van der Waals surface area contributed by atoms with Gasteiger partial charge in [-0.2, -0.15) is 5.06 Å². The van der Waals surface area contributed by atoms with Gasteiger partial charge in [-0.15, -0.1) is 0 Å². The lowest BCUT2D eigenvalue weighted by Crippen LogP contribution is -2.62. The molecule has 274 valence electrons. The lowest BCUT2D eigenvalue weighted by atomic mass is 9.45. The molecule has 2 aromatic rings. The molecular weight excluding hydrogens is 640 g/mol. The molecule has 2 amide bonds. The van der Waals surface area contributed by atoms with E-state index in [1.807, 2.05) is 43.3 Å². The fourth-order valence-electron chi connectivity index (χ4n) is 8.45. The molecule has 0 radical (unpaired) electrons. The van der Waals surface area contributed by atoms with Crippen molar-refractivity contribution < 1.29 is 38.9 Å². The Bertz CT molecular complexity index is 1560. The van der Waals surface area contributed by atoms with Crippen molar-refractivity contribution in [1.29, 1.82) is 0 Å². The van der Waals surface area contributed by atoms with E-state index in [0.717, 1.165) is 12.1 Å². The standard InChI is InChI=1S/C38H54N4O8/c1-9-49-32(45)18-39-36(46)25-13-24(14-27(15-25)41(6)7)28-12-10-11-23(35(28)48-8)19-42-34(33(22(3)44)31(20-43)50-42)37(47)40-30-17-26-16-29(21(30)2)38(26,4)5/h10-15,21-22,26,29-31,33-34,43-44H,9,16-20H2,1-8H3,(H,39,46)(H,40,47)/t21-,22-,26+,29+,30-,31-,33+,34-/m0/s1. The molecule has 6 rings (SSSR count). The summed E-state index contributed by atoms with van der Waals surface area (Å²) in [5.41, 5.74) is 3.51. The second kappa shape index (κ2) is 15.3. The van der Waals surface area contributed by atoms with Crippen molar-refractivity contribution in [2.45, 2.75) is 78.3 Å². The van der Waals surface area contributed by atoms with Gasteiger partial charge in [0, 0.05) is 48.4 Å². The van der Waals surface area contributed by atoms with Gasteiger partial charge < -0.3 is 35.2 Å². The lowest BCUT2D eigenvalue weighted by molar-refractivity contribution is -0.183. The Morgan fingerprint density at radius 1 is 1.16 bits per heavy atom. The van der Waals surface area contributed by atoms with Crippen molar-refractivity contribution in [2.24, 2.45) is 29.1 Å². The van der Waals surface area contributed by atoms with Crippen molar-refractivity contribution in [3.63, 3.8) is 0 Å². The van der Waals surface area contributed by atoms with E-state index < -0.39 is 36.0 Å². The third kappa shape index (κ3) is 7.35. The first kappa shape index (κ1) is 37.5. The van der Waals surface area contributed by atoms with Crippen molar-refractivity contribution in [3.8, 4) is 16.9 Å². The monoisotopic (exact) mass is 694 g/mol. The summed E-state index contributed by atoms with van der Waals surface area (Å²) in [7, 11) is 5.31. The number of amides is 2. The molecule has 0 aromatic heterocycles. The highest BCUT2D eigenvalue weighted by Crippen LogP contribution is 2.61. The highest BCUT2D eigenvalue weighted by Gasteiger charge is 2.57. The van der Waals surface area contributed by atoms with Gasteiger partial charge in [0.15, 0.2) is 0 Å². The van der Waals surface area contributed by atoms with Crippen LogP contribution >= 0.6 is 0 Å². The molecule has 4 fully saturated rings. The van der Waals surface area contributed by atoms with E-state index in [9.17, 15) is 24.6 Å². The Kier molecular flexibility index (Phi) is 11.5. The van der Waals surface area contributed by atoms with Crippen molar-refractivity contribution >= 4 is 23.5 Å². The Labute approximate surface area is 295 Å². The predicted molar refractivity (Wildman–Crippen MR) is 189 cm³/mol. The van der Waals surface area contributed by atoms with Crippen LogP contribution in [0.1, 0.15) is 63.4 Å². The number of nitrogens with zero attached hydrogens (tertiary/aromatic N) is 2. The Morgan fingerprint density at radius 2 is 1.90 bits per heavy atom. The molecule has 3 aliphatic carbocycles. The van der Waals surface area contributed by atoms with Gasteiger partial charge in [0.1, 0.15) is 24.4 Å². The molecule has 4 aliphatic rings. The fourth-order valence-corrected chi connectivity index (χ4v) is 8.45. The van der Waals surface area contributed by atoms with Crippen molar-refractivity contribution in [1.82, 2.24) is 15.7 Å². The van der Waals surface area contributed by atoms with Gasteiger partial charge in [-0.3, -0.25) is 19.2 Å². The van der Waals surface area contributed by atoms with Crippen LogP contribution in [0.2, 0.25) is 0 Å². The number of fused-ring (bicyclic) bond motifs is 2. The minimum atomic E-state index is -0.917. The minimum Gasteiger partial charge on any atom is -0.496 e. The average Bonchev–Trinajstić information content (AvgIpc) is 3.46. The van der Waals surface area contributed by atoms with E-state index in [4.69, 9.17) is 14.3 Å². The Morgan fingerprint density at radius 3 is 2.50 bits per heavy atom. The molecule has 1 heterocycles. The fraction of sp³-hybridized carbons (Fsp3) is 0.605. The molecule has 1 saturated heterocycles. The lowest BCUT2D eigenvalue weighted by Gasteiger charge is -2.62. The van der Waals surface area contributed by atoms with Gasteiger partial charge in [0.05, 0.1) is 33.0 Å². The van der Waals surface area contributed by atoms with E-state index in [1.54, 1.807) is 38.2 Å². The van der Waals surface area contributed by atoms with Crippen LogP contribution in [0.4, 0.5) is 5.69 Å². The number of hydroxylamine groups is 2. The first-order valence-electron chi connectivity index (χ1n) is 17.7. The van der Waals surface area contributed by atoms with Crippen molar-refractivity contribution in [3.05, 3.63) is 47.5 Å². The maximum Gasteiger partial charge on any atom is 0.325 e. The van der Waals surface area contributed by atoms with Crippen LogP contribution in [0, 0.1) is 29.1 Å². The zero-order chi connectivity index (χ0) is 36.5. The summed E-state index contributed by atoms with van der Waals surface area (Å²) in [4.78, 5) is 47.3. The molecule has 8 atom stereocenters. The van der Waals surface area contributed by atoms with E-state index in [2.05, 4.69) is 31.4 Å². The zero-order valence-electron chi connectivity index (χ0n) is 30.6. The van der Waals surface area contributed by atoms with Gasteiger partial charge in [-0.1, -0.05) is 39.0 Å². The molecule has 4 N–H and O–H groups in total. The molecule has 1 aliphatic heterocycles. The quantitative estimate of drug-likeness (QED) is 0.230. The molecule has 2 bridgehead atoms. The second-order valence-electron chi connectivity index (χ2n) is 14.9. The summed E-state index contributed by atoms with van der Waals surface area (Å²) in [6.45, 7) is 9.94. The summed E-state index contributed by atoms with van der Waals surface area (Å²) in [5.74, 6) is 0.109. The van der Waals surface area contributed by atoms with Crippen LogP contribution in [0.15, 0.2) is 36.4 Å². The van der Waals surface area contributed by atoms with Crippen LogP contribution in [0.3, 0.4) is 0 Å². The van der Waals surface area contributed by atoms with Crippen LogP contribution in [-0.4, -0.2) is 98.3 Å². The van der Waals surface area contributed by atoms with Gasteiger partial charge in [-0.25, -0.2) is 0 Å². The maximum absolute atomic E-state index is 14.2. The molecule has 0 unspecified atom stereocenters. The number of carbonyl (C=O) groups is 3.